The van der Waals surface area contributed by atoms with Gasteiger partial charge in [0.25, 0.3) is 0 Å². The van der Waals surface area contributed by atoms with Gasteiger partial charge in [0, 0.05) is 11.6 Å². The van der Waals surface area contributed by atoms with E-state index in [1.165, 1.54) is 6.08 Å². The van der Waals surface area contributed by atoms with Crippen LogP contribution in [-0.4, -0.2) is 25.2 Å². The standard InChI is InChI=1S/C10H11FN2O.C4H4O2/c11-10(14-7-9(13)6-12)8-4-2-1-3-5-8;5-4-2-1-3-6-4/h1-5,9-10H,7,13H2;1-2H,3H2. The number of alkyl halides is 1. The van der Waals surface area contributed by atoms with Gasteiger partial charge in [-0.15, -0.1) is 0 Å². The molecule has 0 fully saturated rings. The molecule has 2 N–H and O–H groups in total. The van der Waals surface area contributed by atoms with Crippen LogP contribution in [0.25, 0.3) is 0 Å². The summed E-state index contributed by atoms with van der Waals surface area (Å²) in [5, 5.41) is 8.34. The zero-order chi connectivity index (χ0) is 14.8. The number of hydrogen-bond acceptors (Lipinski definition) is 5. The van der Waals surface area contributed by atoms with E-state index in [1.807, 2.05) is 0 Å². The number of cyclic esters (lactones) is 1. The molecule has 20 heavy (non-hydrogen) atoms. The number of hydrogen-bond donors (Lipinski definition) is 1. The summed E-state index contributed by atoms with van der Waals surface area (Å²) in [6.07, 6.45) is 1.58. The largest absolute Gasteiger partial charge is 0.458 e. The lowest BCUT2D eigenvalue weighted by Crippen LogP contribution is -2.24. The summed E-state index contributed by atoms with van der Waals surface area (Å²) in [6.45, 7) is 0.353. The highest BCUT2D eigenvalue weighted by Crippen LogP contribution is 2.17. The van der Waals surface area contributed by atoms with E-state index < -0.39 is 12.4 Å². The van der Waals surface area contributed by atoms with Crippen molar-refractivity contribution in [3.8, 4) is 6.07 Å². The Labute approximate surface area is 116 Å². The van der Waals surface area contributed by atoms with Gasteiger partial charge in [0.15, 0.2) is 0 Å². The average molecular weight is 278 g/mol. The molecule has 2 atom stereocenters. The highest BCUT2D eigenvalue weighted by molar-refractivity contribution is 5.83. The maximum Gasteiger partial charge on any atom is 0.330 e. The van der Waals surface area contributed by atoms with Gasteiger partial charge in [0.2, 0.25) is 6.36 Å². The van der Waals surface area contributed by atoms with Crippen molar-refractivity contribution in [3.63, 3.8) is 0 Å². The molecule has 0 aromatic heterocycles. The Morgan fingerprint density at radius 3 is 2.60 bits per heavy atom. The number of nitrogens with two attached hydrogens (primary N) is 1. The van der Waals surface area contributed by atoms with Gasteiger partial charge in [-0.3, -0.25) is 0 Å². The molecule has 1 aromatic carbocycles. The Balaban J connectivity index is 0.000000276. The first-order valence-corrected chi connectivity index (χ1v) is 5.92. The van der Waals surface area contributed by atoms with Crippen LogP contribution in [-0.2, 0) is 14.3 Å². The van der Waals surface area contributed by atoms with Gasteiger partial charge < -0.3 is 15.2 Å². The Morgan fingerprint density at radius 2 is 2.15 bits per heavy atom. The predicted molar refractivity (Wildman–Crippen MR) is 69.9 cm³/mol. The Bertz CT molecular complexity index is 485. The van der Waals surface area contributed by atoms with Gasteiger partial charge in [0.1, 0.15) is 12.6 Å². The quantitative estimate of drug-likeness (QED) is 0.846. The van der Waals surface area contributed by atoms with Gasteiger partial charge in [-0.2, -0.15) is 5.26 Å². The van der Waals surface area contributed by atoms with E-state index in [0.717, 1.165) is 0 Å². The molecule has 0 saturated carbocycles. The Kier molecular flexibility index (Phi) is 6.96. The molecular weight excluding hydrogens is 263 g/mol. The van der Waals surface area contributed by atoms with E-state index in [9.17, 15) is 9.18 Å². The zero-order valence-corrected chi connectivity index (χ0v) is 10.7. The monoisotopic (exact) mass is 278 g/mol. The summed E-state index contributed by atoms with van der Waals surface area (Å²) in [5.41, 5.74) is 5.67. The fourth-order valence-electron chi connectivity index (χ4n) is 1.25. The van der Waals surface area contributed by atoms with Crippen LogP contribution < -0.4 is 5.73 Å². The summed E-state index contributed by atoms with van der Waals surface area (Å²) in [4.78, 5) is 9.93. The van der Waals surface area contributed by atoms with Crippen molar-refractivity contribution >= 4 is 5.97 Å². The van der Waals surface area contributed by atoms with Crippen LogP contribution in [0.3, 0.4) is 0 Å². The summed E-state index contributed by atoms with van der Waals surface area (Å²) < 4.78 is 22.4. The van der Waals surface area contributed by atoms with Crippen molar-refractivity contribution in [2.75, 3.05) is 13.2 Å². The Morgan fingerprint density at radius 1 is 1.45 bits per heavy atom. The molecule has 106 valence electrons. The van der Waals surface area contributed by atoms with E-state index >= 15 is 0 Å². The zero-order valence-electron chi connectivity index (χ0n) is 10.7. The maximum absolute atomic E-state index is 13.2. The smallest absolute Gasteiger partial charge is 0.330 e. The number of esters is 1. The van der Waals surface area contributed by atoms with E-state index in [2.05, 4.69) is 4.74 Å². The molecule has 1 aliphatic rings. The van der Waals surface area contributed by atoms with E-state index in [-0.39, 0.29) is 12.6 Å². The molecule has 1 aliphatic heterocycles. The predicted octanol–water partition coefficient (Wildman–Crippen LogP) is 1.62. The van der Waals surface area contributed by atoms with Crippen molar-refractivity contribution in [1.29, 1.82) is 5.26 Å². The van der Waals surface area contributed by atoms with Crippen LogP contribution >= 0.6 is 0 Å². The van der Waals surface area contributed by atoms with Crippen LogP contribution in [0, 0.1) is 11.3 Å². The third kappa shape index (κ3) is 6.09. The summed E-state index contributed by atoms with van der Waals surface area (Å²) in [7, 11) is 0. The van der Waals surface area contributed by atoms with Crippen LogP contribution in [0.15, 0.2) is 42.5 Å². The first-order chi connectivity index (χ1) is 9.63. The fraction of sp³-hybridized carbons (Fsp3) is 0.286. The number of ether oxygens (including phenoxy) is 2. The second-order valence-electron chi connectivity index (χ2n) is 3.83. The van der Waals surface area contributed by atoms with Crippen molar-refractivity contribution in [3.05, 3.63) is 48.0 Å². The van der Waals surface area contributed by atoms with Crippen LogP contribution in [0.5, 0.6) is 0 Å². The number of rotatable bonds is 4. The normalized spacial score (nSPS) is 15.6. The molecule has 2 rings (SSSR count). The summed E-state index contributed by atoms with van der Waals surface area (Å²) in [5.74, 6) is -0.227. The molecule has 5 nitrogen and oxygen atoms in total. The van der Waals surface area contributed by atoms with Gasteiger partial charge in [-0.1, -0.05) is 30.3 Å². The summed E-state index contributed by atoms with van der Waals surface area (Å²) >= 11 is 0. The molecular formula is C14H15FN2O3. The summed E-state index contributed by atoms with van der Waals surface area (Å²) in [6, 6.07) is 9.43. The lowest BCUT2D eigenvalue weighted by atomic mass is 10.2. The number of nitriles is 1. The molecule has 0 radical (unpaired) electrons. The molecule has 0 amide bonds. The maximum atomic E-state index is 13.2. The van der Waals surface area contributed by atoms with Gasteiger partial charge in [-0.05, 0) is 6.08 Å². The van der Waals surface area contributed by atoms with Crippen molar-refractivity contribution < 1.29 is 18.7 Å². The van der Waals surface area contributed by atoms with Gasteiger partial charge in [0.05, 0.1) is 12.7 Å². The highest BCUT2D eigenvalue weighted by Gasteiger charge is 2.10. The first kappa shape index (κ1) is 15.8. The molecule has 2 unspecified atom stereocenters. The van der Waals surface area contributed by atoms with Crippen LogP contribution in [0.1, 0.15) is 11.9 Å². The topological polar surface area (TPSA) is 85.3 Å². The minimum atomic E-state index is -1.52. The third-order valence-corrected chi connectivity index (χ3v) is 2.23. The molecule has 0 spiro atoms. The Hall–Kier alpha value is -2.23. The first-order valence-electron chi connectivity index (χ1n) is 5.92. The van der Waals surface area contributed by atoms with Crippen LogP contribution in [0.2, 0.25) is 0 Å². The molecule has 0 aliphatic carbocycles. The fourth-order valence-corrected chi connectivity index (χ4v) is 1.25. The molecule has 0 bridgehead atoms. The number of carbonyl (C=O) groups excluding carboxylic acids is 1. The minimum Gasteiger partial charge on any atom is -0.458 e. The van der Waals surface area contributed by atoms with E-state index in [1.54, 1.807) is 42.5 Å². The average Bonchev–Trinajstić information content (AvgIpc) is 2.97. The lowest BCUT2D eigenvalue weighted by Gasteiger charge is -2.10. The number of carbonyl (C=O) groups is 1. The molecule has 1 aromatic rings. The third-order valence-electron chi connectivity index (χ3n) is 2.23. The molecule has 6 heteroatoms. The molecule has 0 saturated heterocycles. The van der Waals surface area contributed by atoms with Gasteiger partial charge >= 0.3 is 5.97 Å². The van der Waals surface area contributed by atoms with E-state index in [4.69, 9.17) is 15.7 Å². The van der Waals surface area contributed by atoms with Crippen molar-refractivity contribution in [2.45, 2.75) is 12.4 Å². The number of benzene rings is 1. The SMILES string of the molecule is N#CC(N)COC(F)c1ccccc1.O=C1C=CCO1. The van der Waals surface area contributed by atoms with Gasteiger partial charge in [-0.25, -0.2) is 9.18 Å². The highest BCUT2D eigenvalue weighted by atomic mass is 19.1. The van der Waals surface area contributed by atoms with Crippen LogP contribution in [0.4, 0.5) is 4.39 Å². The second-order valence-corrected chi connectivity index (χ2v) is 3.83. The van der Waals surface area contributed by atoms with Crippen molar-refractivity contribution in [1.82, 2.24) is 0 Å². The number of nitrogens with zero attached hydrogens (tertiary/aromatic N) is 1. The van der Waals surface area contributed by atoms with Crippen molar-refractivity contribution in [2.24, 2.45) is 5.73 Å². The minimum absolute atomic E-state index is 0.105. The second kappa shape index (κ2) is 8.80. The lowest BCUT2D eigenvalue weighted by molar-refractivity contribution is -0.134. The molecule has 1 heterocycles. The number of halogens is 1. The van der Waals surface area contributed by atoms with E-state index in [0.29, 0.717) is 12.2 Å².